The van der Waals surface area contributed by atoms with Crippen LogP contribution in [0, 0.1) is 17.3 Å². The van der Waals surface area contributed by atoms with Crippen LogP contribution in [-0.4, -0.2) is 39.0 Å². The zero-order valence-corrected chi connectivity index (χ0v) is 20.8. The molecule has 2 N–H and O–H groups in total. The number of anilines is 1. The number of aromatic nitrogens is 1. The highest BCUT2D eigenvalue weighted by atomic mass is 35.5. The summed E-state index contributed by atoms with van der Waals surface area (Å²) >= 11 is 6.05. The van der Waals surface area contributed by atoms with Gasteiger partial charge in [-0.2, -0.15) is 0 Å². The summed E-state index contributed by atoms with van der Waals surface area (Å²) in [7, 11) is 0. The molecule has 1 aromatic heterocycles. The lowest BCUT2D eigenvalue weighted by Crippen LogP contribution is -2.49. The van der Waals surface area contributed by atoms with E-state index in [1.807, 2.05) is 51.1 Å². The number of carboxylic acid groups (broad SMARTS) is 1. The maximum absolute atomic E-state index is 14.0. The zero-order chi connectivity index (χ0) is 24.5. The van der Waals surface area contributed by atoms with Gasteiger partial charge in [0.15, 0.2) is 0 Å². The van der Waals surface area contributed by atoms with E-state index in [0.717, 1.165) is 37.7 Å². The van der Waals surface area contributed by atoms with Crippen LogP contribution in [0.2, 0.25) is 5.02 Å². The number of nitrogens with zero attached hydrogens (tertiary/aromatic N) is 2. The van der Waals surface area contributed by atoms with Crippen LogP contribution in [-0.2, 0) is 9.59 Å². The Morgan fingerprint density at radius 1 is 1.06 bits per heavy atom. The van der Waals surface area contributed by atoms with Gasteiger partial charge in [0.05, 0.1) is 17.1 Å². The van der Waals surface area contributed by atoms with Crippen molar-refractivity contribution in [2.75, 3.05) is 5.32 Å². The number of halogens is 1. The average Bonchev–Trinajstić information content (AvgIpc) is 3.17. The third kappa shape index (κ3) is 4.92. The molecule has 2 heterocycles. The first-order valence-electron chi connectivity index (χ1n) is 12.2. The lowest BCUT2D eigenvalue weighted by Gasteiger charge is -2.36. The summed E-state index contributed by atoms with van der Waals surface area (Å²) in [6.45, 7) is 6.15. The Bertz CT molecular complexity index is 1000. The zero-order valence-electron chi connectivity index (χ0n) is 20.1. The van der Waals surface area contributed by atoms with E-state index >= 15 is 0 Å². The highest BCUT2D eigenvalue weighted by molar-refractivity contribution is 6.30. The van der Waals surface area contributed by atoms with Gasteiger partial charge < -0.3 is 15.3 Å². The topological polar surface area (TPSA) is 82.5 Å². The molecule has 34 heavy (non-hydrogen) atoms. The van der Waals surface area contributed by atoms with Crippen LogP contribution in [0.4, 0.5) is 5.82 Å². The molecule has 1 amide bonds. The van der Waals surface area contributed by atoms with Crippen LogP contribution < -0.4 is 5.32 Å². The van der Waals surface area contributed by atoms with E-state index in [1.54, 1.807) is 23.2 Å². The van der Waals surface area contributed by atoms with Gasteiger partial charge in [0.1, 0.15) is 11.9 Å². The Labute approximate surface area is 206 Å². The molecule has 182 valence electrons. The molecule has 1 aromatic carbocycles. The van der Waals surface area contributed by atoms with Crippen molar-refractivity contribution in [3.05, 3.63) is 59.2 Å². The van der Waals surface area contributed by atoms with Crippen molar-refractivity contribution in [1.82, 2.24) is 9.88 Å². The van der Waals surface area contributed by atoms with Crippen LogP contribution in [0.25, 0.3) is 0 Å². The van der Waals surface area contributed by atoms with Gasteiger partial charge in [-0.25, -0.2) is 9.78 Å². The van der Waals surface area contributed by atoms with Crippen molar-refractivity contribution in [2.45, 2.75) is 71.0 Å². The van der Waals surface area contributed by atoms with E-state index < -0.39 is 18.1 Å². The molecule has 2 aromatic rings. The maximum Gasteiger partial charge on any atom is 0.326 e. The molecule has 2 aliphatic rings. The second-order valence-electron chi connectivity index (χ2n) is 10.6. The van der Waals surface area contributed by atoms with Gasteiger partial charge in [0, 0.05) is 18.0 Å². The number of nitrogens with one attached hydrogen (secondary N) is 1. The molecule has 0 bridgehead atoms. The second-order valence-corrected chi connectivity index (χ2v) is 11.1. The van der Waals surface area contributed by atoms with Crippen LogP contribution in [0.5, 0.6) is 0 Å². The molecule has 1 saturated carbocycles. The van der Waals surface area contributed by atoms with Gasteiger partial charge in [-0.15, -0.1) is 0 Å². The quantitative estimate of drug-likeness (QED) is 0.562. The van der Waals surface area contributed by atoms with E-state index in [0.29, 0.717) is 10.8 Å². The molecule has 0 radical (unpaired) electrons. The number of amides is 1. The lowest BCUT2D eigenvalue weighted by molar-refractivity contribution is -0.154. The van der Waals surface area contributed by atoms with E-state index in [4.69, 9.17) is 11.6 Å². The van der Waals surface area contributed by atoms with Gasteiger partial charge in [-0.05, 0) is 36.0 Å². The van der Waals surface area contributed by atoms with Crippen molar-refractivity contribution in [1.29, 1.82) is 0 Å². The Morgan fingerprint density at radius 3 is 2.29 bits per heavy atom. The van der Waals surface area contributed by atoms with Gasteiger partial charge in [-0.1, -0.05) is 82.0 Å². The minimum Gasteiger partial charge on any atom is -0.480 e. The predicted octanol–water partition coefficient (Wildman–Crippen LogP) is 5.79. The first-order chi connectivity index (χ1) is 16.2. The third-order valence-corrected chi connectivity index (χ3v) is 7.54. The van der Waals surface area contributed by atoms with Crippen LogP contribution >= 0.6 is 11.6 Å². The Hall–Kier alpha value is -2.60. The minimum atomic E-state index is -0.960. The number of benzene rings is 1. The van der Waals surface area contributed by atoms with Crippen LogP contribution in [0.1, 0.15) is 64.5 Å². The predicted molar refractivity (Wildman–Crippen MR) is 134 cm³/mol. The number of carboxylic acids is 1. The largest absolute Gasteiger partial charge is 0.480 e. The molecular weight excluding hydrogens is 450 g/mol. The van der Waals surface area contributed by atoms with Crippen molar-refractivity contribution in [3.63, 3.8) is 0 Å². The Kier molecular flexibility index (Phi) is 7.17. The summed E-state index contributed by atoms with van der Waals surface area (Å²) in [6.07, 6.45) is 6.36. The number of likely N-dealkylation sites (tertiary alicyclic amines) is 1. The molecular formula is C27H34ClN3O3. The standard InChI is InChI=1S/C27H34ClN3O3/c1-27(2,3)21-22(30-20-15-14-19(28)16-29-20)23(17-10-6-4-7-11-17)31(24(21)26(33)34)25(32)18-12-8-5-9-13-18/h4,6-7,10-11,14-16,18,21-24H,5,8-9,12-13H2,1-3H3,(H,29,30)(H,33,34). The van der Waals surface area contributed by atoms with Gasteiger partial charge in [-0.3, -0.25) is 4.79 Å². The lowest BCUT2D eigenvalue weighted by atomic mass is 9.72. The summed E-state index contributed by atoms with van der Waals surface area (Å²) in [5, 5.41) is 14.5. The maximum atomic E-state index is 14.0. The summed E-state index contributed by atoms with van der Waals surface area (Å²) in [5.41, 5.74) is 0.540. The molecule has 1 aliphatic heterocycles. The second kappa shape index (κ2) is 9.95. The molecule has 1 aliphatic carbocycles. The molecule has 0 spiro atoms. The minimum absolute atomic E-state index is 0.0384. The summed E-state index contributed by atoms with van der Waals surface area (Å²) in [4.78, 5) is 33.0. The molecule has 4 unspecified atom stereocenters. The number of hydrogen-bond acceptors (Lipinski definition) is 4. The van der Waals surface area contributed by atoms with Crippen molar-refractivity contribution in [3.8, 4) is 0 Å². The van der Waals surface area contributed by atoms with Gasteiger partial charge in [0.2, 0.25) is 5.91 Å². The normalized spacial score (nSPS) is 25.8. The fraction of sp³-hybridized carbons (Fsp3) is 0.519. The molecule has 2 fully saturated rings. The fourth-order valence-corrected chi connectivity index (χ4v) is 5.96. The van der Waals surface area contributed by atoms with Crippen LogP contribution in [0.15, 0.2) is 48.7 Å². The summed E-state index contributed by atoms with van der Waals surface area (Å²) in [5.74, 6) is -0.863. The number of rotatable bonds is 5. The molecule has 1 saturated heterocycles. The fourth-order valence-electron chi connectivity index (χ4n) is 5.85. The first kappa shape index (κ1) is 24.5. The van der Waals surface area contributed by atoms with Crippen molar-refractivity contribution < 1.29 is 14.7 Å². The van der Waals surface area contributed by atoms with E-state index in [-0.39, 0.29) is 29.2 Å². The highest BCUT2D eigenvalue weighted by Gasteiger charge is 2.58. The Morgan fingerprint density at radius 2 is 1.74 bits per heavy atom. The number of carbonyl (C=O) groups is 2. The van der Waals surface area contributed by atoms with Crippen molar-refractivity contribution >= 4 is 29.3 Å². The molecule has 4 rings (SSSR count). The van der Waals surface area contributed by atoms with Gasteiger partial charge in [0.25, 0.3) is 0 Å². The Balaban J connectivity index is 1.85. The van der Waals surface area contributed by atoms with E-state index in [2.05, 4.69) is 10.3 Å². The monoisotopic (exact) mass is 483 g/mol. The summed E-state index contributed by atoms with van der Waals surface area (Å²) < 4.78 is 0. The molecule has 6 nitrogen and oxygen atoms in total. The third-order valence-electron chi connectivity index (χ3n) is 7.31. The number of carbonyl (C=O) groups excluding carboxylic acids is 1. The number of pyridine rings is 1. The van der Waals surface area contributed by atoms with Crippen LogP contribution in [0.3, 0.4) is 0 Å². The number of aliphatic carboxylic acids is 1. The van der Waals surface area contributed by atoms with E-state index in [1.165, 1.54) is 0 Å². The average molecular weight is 484 g/mol. The summed E-state index contributed by atoms with van der Waals surface area (Å²) in [6, 6.07) is 11.6. The SMILES string of the molecule is CC(C)(C)C1C(Nc2ccc(Cl)cn2)C(c2ccccc2)N(C(=O)C2CCCCC2)C1C(=O)O. The van der Waals surface area contributed by atoms with Crippen molar-refractivity contribution in [2.24, 2.45) is 17.3 Å². The smallest absolute Gasteiger partial charge is 0.326 e. The molecule has 4 atom stereocenters. The van der Waals surface area contributed by atoms with E-state index in [9.17, 15) is 14.7 Å². The first-order valence-corrected chi connectivity index (χ1v) is 12.5. The highest BCUT2D eigenvalue weighted by Crippen LogP contribution is 2.50. The van der Waals surface area contributed by atoms with Gasteiger partial charge >= 0.3 is 5.97 Å². The number of hydrogen-bond donors (Lipinski definition) is 2. The molecule has 7 heteroatoms.